The maximum absolute atomic E-state index is 13.1. The average molecular weight is 409 g/mol. The first-order chi connectivity index (χ1) is 10.2. The van der Waals surface area contributed by atoms with Crippen molar-refractivity contribution in [2.45, 2.75) is 11.8 Å². The van der Waals surface area contributed by atoms with E-state index in [0.29, 0.717) is 10.0 Å². The zero-order chi connectivity index (χ0) is 16.5. The van der Waals surface area contributed by atoms with Crippen molar-refractivity contribution in [3.63, 3.8) is 0 Å². The molecule has 0 heterocycles. The Morgan fingerprint density at radius 2 is 1.95 bits per heavy atom. The molecule has 0 radical (unpaired) electrons. The molecular weight excluding hydrogens is 397 g/mol. The second-order valence-corrected chi connectivity index (χ2v) is 7.43. The summed E-state index contributed by atoms with van der Waals surface area (Å²) >= 11 is 9.12. The van der Waals surface area contributed by atoms with Crippen LogP contribution in [0.2, 0.25) is 5.02 Å². The Morgan fingerprint density at radius 1 is 1.27 bits per heavy atom. The smallest absolute Gasteiger partial charge is 0.265 e. The molecule has 0 aliphatic rings. The quantitative estimate of drug-likeness (QED) is 0.818. The maximum Gasteiger partial charge on any atom is 0.265 e. The van der Waals surface area contributed by atoms with Gasteiger partial charge in [0, 0.05) is 5.02 Å². The van der Waals surface area contributed by atoms with E-state index in [0.717, 1.165) is 0 Å². The summed E-state index contributed by atoms with van der Waals surface area (Å²) in [6, 6.07) is 6.59. The molecule has 8 heteroatoms. The lowest BCUT2D eigenvalue weighted by Crippen LogP contribution is -2.15. The van der Waals surface area contributed by atoms with E-state index in [1.807, 2.05) is 0 Å². The Bertz CT molecular complexity index is 827. The fraction of sp³-hybridized carbons (Fsp3) is 0.143. The van der Waals surface area contributed by atoms with Gasteiger partial charge in [-0.15, -0.1) is 0 Å². The van der Waals surface area contributed by atoms with Gasteiger partial charge in [-0.25, -0.2) is 12.8 Å². The average Bonchev–Trinajstić information content (AvgIpc) is 2.41. The van der Waals surface area contributed by atoms with E-state index >= 15 is 0 Å². The number of hydrogen-bond acceptors (Lipinski definition) is 3. The van der Waals surface area contributed by atoms with Gasteiger partial charge >= 0.3 is 0 Å². The molecule has 0 saturated carbocycles. The van der Waals surface area contributed by atoms with Gasteiger partial charge in [-0.2, -0.15) is 0 Å². The minimum absolute atomic E-state index is 0.113. The normalized spacial score (nSPS) is 11.3. The van der Waals surface area contributed by atoms with Gasteiger partial charge in [-0.05, 0) is 58.7 Å². The highest BCUT2D eigenvalue weighted by atomic mass is 79.9. The standard InChI is InChI=1S/C14H12BrClFNO3S/c1-8-5-10(17)3-4-12(8)18-22(19,20)13-7-9(16)6-11(15)14(13)21-2/h3-7,18H,1-2H3. The highest BCUT2D eigenvalue weighted by Gasteiger charge is 2.23. The molecule has 118 valence electrons. The predicted molar refractivity (Wildman–Crippen MR) is 87.6 cm³/mol. The highest BCUT2D eigenvalue weighted by molar-refractivity contribution is 9.10. The van der Waals surface area contributed by atoms with Crippen molar-refractivity contribution >= 4 is 43.2 Å². The van der Waals surface area contributed by atoms with E-state index in [-0.39, 0.29) is 21.4 Å². The van der Waals surface area contributed by atoms with Crippen molar-refractivity contribution < 1.29 is 17.5 Å². The molecule has 4 nitrogen and oxygen atoms in total. The van der Waals surface area contributed by atoms with Crippen molar-refractivity contribution in [1.82, 2.24) is 0 Å². The Balaban J connectivity index is 2.51. The van der Waals surface area contributed by atoms with E-state index < -0.39 is 15.8 Å². The number of sulfonamides is 1. The summed E-state index contributed by atoms with van der Waals surface area (Å²) in [6.45, 7) is 1.60. The lowest BCUT2D eigenvalue weighted by Gasteiger charge is -2.14. The van der Waals surface area contributed by atoms with Gasteiger partial charge in [0.15, 0.2) is 5.75 Å². The molecule has 0 aromatic heterocycles. The predicted octanol–water partition coefficient (Wildman–Crippen LogP) is 4.36. The molecule has 0 aliphatic carbocycles. The number of aryl methyl sites for hydroxylation is 1. The van der Waals surface area contributed by atoms with Gasteiger partial charge in [-0.1, -0.05) is 11.6 Å². The van der Waals surface area contributed by atoms with Crippen LogP contribution in [0.1, 0.15) is 5.56 Å². The first kappa shape index (κ1) is 17.1. The van der Waals surface area contributed by atoms with Crippen LogP contribution in [-0.2, 0) is 10.0 Å². The van der Waals surface area contributed by atoms with Crippen molar-refractivity contribution in [3.8, 4) is 5.75 Å². The topological polar surface area (TPSA) is 55.4 Å². The minimum atomic E-state index is -3.95. The van der Waals surface area contributed by atoms with Gasteiger partial charge in [0.25, 0.3) is 10.0 Å². The third kappa shape index (κ3) is 3.53. The maximum atomic E-state index is 13.1. The third-order valence-electron chi connectivity index (χ3n) is 2.90. The number of methoxy groups -OCH3 is 1. The second-order valence-electron chi connectivity index (χ2n) is 4.48. The summed E-state index contributed by atoms with van der Waals surface area (Å²) in [5.41, 5.74) is 0.739. The highest BCUT2D eigenvalue weighted by Crippen LogP contribution is 2.36. The zero-order valence-corrected chi connectivity index (χ0v) is 14.8. The summed E-state index contributed by atoms with van der Waals surface area (Å²) in [4.78, 5) is -0.113. The first-order valence-electron chi connectivity index (χ1n) is 6.06. The Morgan fingerprint density at radius 3 is 2.55 bits per heavy atom. The number of hydrogen-bond donors (Lipinski definition) is 1. The van der Waals surface area contributed by atoms with E-state index in [9.17, 15) is 12.8 Å². The van der Waals surface area contributed by atoms with Gasteiger partial charge < -0.3 is 4.74 Å². The van der Waals surface area contributed by atoms with Crippen molar-refractivity contribution in [2.24, 2.45) is 0 Å². The third-order valence-corrected chi connectivity index (χ3v) is 5.08. The molecule has 2 aromatic rings. The van der Waals surface area contributed by atoms with Crippen LogP contribution < -0.4 is 9.46 Å². The SMILES string of the molecule is COc1c(Br)cc(Cl)cc1S(=O)(=O)Nc1ccc(F)cc1C. The minimum Gasteiger partial charge on any atom is -0.494 e. The molecule has 0 saturated heterocycles. The van der Waals surface area contributed by atoms with Crippen LogP contribution in [-0.4, -0.2) is 15.5 Å². The lowest BCUT2D eigenvalue weighted by molar-refractivity contribution is 0.400. The summed E-state index contributed by atoms with van der Waals surface area (Å²) in [5, 5.41) is 0.240. The molecule has 0 spiro atoms. The van der Waals surface area contributed by atoms with Gasteiger partial charge in [0.05, 0.1) is 17.3 Å². The number of ether oxygens (including phenoxy) is 1. The molecular formula is C14H12BrClFNO3S. The molecule has 2 rings (SSSR count). The van der Waals surface area contributed by atoms with Crippen LogP contribution in [0.4, 0.5) is 10.1 Å². The number of halogens is 3. The molecule has 0 aliphatic heterocycles. The lowest BCUT2D eigenvalue weighted by atomic mass is 10.2. The van der Waals surface area contributed by atoms with Crippen molar-refractivity contribution in [3.05, 3.63) is 51.2 Å². The van der Waals surface area contributed by atoms with Crippen molar-refractivity contribution in [1.29, 1.82) is 0 Å². The van der Waals surface area contributed by atoms with Crippen molar-refractivity contribution in [2.75, 3.05) is 11.8 Å². The van der Waals surface area contributed by atoms with Crippen LogP contribution in [0.3, 0.4) is 0 Å². The number of rotatable bonds is 4. The first-order valence-corrected chi connectivity index (χ1v) is 8.72. The molecule has 0 bridgehead atoms. The van der Waals surface area contributed by atoms with Crippen LogP contribution in [0.5, 0.6) is 5.75 Å². The molecule has 2 aromatic carbocycles. The Kier molecular flexibility index (Phi) is 4.99. The summed E-state index contributed by atoms with van der Waals surface area (Å²) < 4.78 is 46.2. The van der Waals surface area contributed by atoms with Gasteiger partial charge in [0.1, 0.15) is 10.7 Å². The molecule has 1 N–H and O–H groups in total. The van der Waals surface area contributed by atoms with E-state index in [2.05, 4.69) is 20.7 Å². The second kappa shape index (κ2) is 6.44. The van der Waals surface area contributed by atoms with Gasteiger partial charge in [-0.3, -0.25) is 4.72 Å². The van der Waals surface area contributed by atoms with E-state index in [1.165, 1.54) is 37.4 Å². The summed E-state index contributed by atoms with van der Waals surface area (Å²) in [7, 11) is -2.59. The molecule has 0 atom stereocenters. The fourth-order valence-corrected chi connectivity index (χ4v) is 4.39. The van der Waals surface area contributed by atoms with E-state index in [1.54, 1.807) is 6.92 Å². The molecule has 0 amide bonds. The van der Waals surface area contributed by atoms with Crippen LogP contribution in [0.25, 0.3) is 0 Å². The zero-order valence-electron chi connectivity index (χ0n) is 11.7. The van der Waals surface area contributed by atoms with Crippen LogP contribution in [0.15, 0.2) is 39.7 Å². The number of nitrogens with one attached hydrogen (secondary N) is 1. The Labute approximate surface area is 141 Å². The molecule has 0 unspecified atom stereocenters. The number of benzene rings is 2. The Hall–Kier alpha value is -1.31. The fourth-order valence-electron chi connectivity index (χ4n) is 1.88. The molecule has 0 fully saturated rings. The van der Waals surface area contributed by atoms with E-state index in [4.69, 9.17) is 16.3 Å². The largest absolute Gasteiger partial charge is 0.494 e. The molecule has 22 heavy (non-hydrogen) atoms. The van der Waals surface area contributed by atoms with Crippen LogP contribution >= 0.6 is 27.5 Å². The van der Waals surface area contributed by atoms with Crippen LogP contribution in [0, 0.1) is 12.7 Å². The monoisotopic (exact) mass is 407 g/mol. The van der Waals surface area contributed by atoms with Gasteiger partial charge in [0.2, 0.25) is 0 Å². The summed E-state index contributed by atoms with van der Waals surface area (Å²) in [5.74, 6) is -0.305. The number of anilines is 1. The summed E-state index contributed by atoms with van der Waals surface area (Å²) in [6.07, 6.45) is 0.